The predicted molar refractivity (Wildman–Crippen MR) is 79.1 cm³/mol. The van der Waals surface area contributed by atoms with Crippen LogP contribution in [0.1, 0.15) is 37.6 Å². The minimum Gasteiger partial charge on any atom is -0.469 e. The Kier molecular flexibility index (Phi) is 5.22. The smallest absolute Gasteiger partial charge is 0.105 e. The predicted octanol–water partition coefficient (Wildman–Crippen LogP) is 4.20. The molecule has 1 aromatic carbocycles. The van der Waals surface area contributed by atoms with Crippen molar-refractivity contribution in [2.24, 2.45) is 5.92 Å². The summed E-state index contributed by atoms with van der Waals surface area (Å²) in [4.78, 5) is 0. The van der Waals surface area contributed by atoms with E-state index in [4.69, 9.17) is 4.42 Å². The summed E-state index contributed by atoms with van der Waals surface area (Å²) in [6, 6.07) is 15.1. The molecule has 0 radical (unpaired) electrons. The average Bonchev–Trinajstić information content (AvgIpc) is 2.91. The fourth-order valence-corrected chi connectivity index (χ4v) is 2.32. The zero-order chi connectivity index (χ0) is 13.5. The quantitative estimate of drug-likeness (QED) is 0.804. The van der Waals surface area contributed by atoms with E-state index in [9.17, 15) is 0 Å². The molecule has 1 N–H and O–H groups in total. The lowest BCUT2D eigenvalue weighted by atomic mass is 9.97. The lowest BCUT2D eigenvalue weighted by molar-refractivity contribution is 0.420. The second kappa shape index (κ2) is 7.15. The number of benzene rings is 1. The fraction of sp³-hybridized carbons (Fsp3) is 0.412. The number of hydrogen-bond acceptors (Lipinski definition) is 2. The van der Waals surface area contributed by atoms with E-state index in [0.29, 0.717) is 12.0 Å². The second-order valence-electron chi connectivity index (χ2n) is 5.38. The van der Waals surface area contributed by atoms with Crippen molar-refractivity contribution in [2.75, 3.05) is 6.54 Å². The molecule has 0 amide bonds. The molecule has 0 saturated heterocycles. The summed E-state index contributed by atoms with van der Waals surface area (Å²) in [6.07, 6.45) is 3.83. The SMILES string of the molecule is CC(C)CC(NCCc1ccco1)c1ccccc1. The first kappa shape index (κ1) is 13.9. The molecule has 0 aliphatic rings. The van der Waals surface area contributed by atoms with Crippen molar-refractivity contribution in [1.29, 1.82) is 0 Å². The zero-order valence-electron chi connectivity index (χ0n) is 11.8. The van der Waals surface area contributed by atoms with Gasteiger partial charge in [-0.15, -0.1) is 0 Å². The van der Waals surface area contributed by atoms with Gasteiger partial charge in [-0.05, 0) is 30.0 Å². The van der Waals surface area contributed by atoms with E-state index in [-0.39, 0.29) is 0 Å². The van der Waals surface area contributed by atoms with Gasteiger partial charge >= 0.3 is 0 Å². The van der Waals surface area contributed by atoms with Crippen LogP contribution in [0.2, 0.25) is 0 Å². The Labute approximate surface area is 115 Å². The van der Waals surface area contributed by atoms with Gasteiger partial charge in [-0.3, -0.25) is 0 Å². The van der Waals surface area contributed by atoms with Crippen LogP contribution in [0.3, 0.4) is 0 Å². The summed E-state index contributed by atoms with van der Waals surface area (Å²) >= 11 is 0. The lowest BCUT2D eigenvalue weighted by Gasteiger charge is -2.21. The van der Waals surface area contributed by atoms with Gasteiger partial charge in [0.25, 0.3) is 0 Å². The van der Waals surface area contributed by atoms with Gasteiger partial charge in [0, 0.05) is 19.0 Å². The first-order chi connectivity index (χ1) is 9.25. The Balaban J connectivity index is 1.91. The number of hydrogen-bond donors (Lipinski definition) is 1. The van der Waals surface area contributed by atoms with Crippen LogP contribution in [-0.4, -0.2) is 6.54 Å². The van der Waals surface area contributed by atoms with Crippen LogP contribution in [0.25, 0.3) is 0 Å². The molecule has 0 aliphatic heterocycles. The number of furan rings is 1. The second-order valence-corrected chi connectivity index (χ2v) is 5.38. The van der Waals surface area contributed by atoms with E-state index in [1.807, 2.05) is 12.1 Å². The fourth-order valence-electron chi connectivity index (χ4n) is 2.32. The third-order valence-electron chi connectivity index (χ3n) is 3.25. The summed E-state index contributed by atoms with van der Waals surface area (Å²) in [5.41, 5.74) is 1.37. The molecule has 1 heterocycles. The molecule has 0 aliphatic carbocycles. The van der Waals surface area contributed by atoms with E-state index < -0.39 is 0 Å². The van der Waals surface area contributed by atoms with Gasteiger partial charge in [0.15, 0.2) is 0 Å². The molecule has 1 unspecified atom stereocenters. The summed E-state index contributed by atoms with van der Waals surface area (Å²) < 4.78 is 5.36. The summed E-state index contributed by atoms with van der Waals surface area (Å²) in [5, 5.41) is 3.65. The van der Waals surface area contributed by atoms with Crippen LogP contribution >= 0.6 is 0 Å². The Bertz CT molecular complexity index is 447. The number of rotatable bonds is 7. The van der Waals surface area contributed by atoms with Crippen molar-refractivity contribution in [1.82, 2.24) is 5.32 Å². The first-order valence-electron chi connectivity index (χ1n) is 7.06. The normalized spacial score (nSPS) is 12.8. The molecule has 2 nitrogen and oxygen atoms in total. The molecule has 0 saturated carbocycles. The van der Waals surface area contributed by atoms with Crippen molar-refractivity contribution in [2.45, 2.75) is 32.7 Å². The first-order valence-corrected chi connectivity index (χ1v) is 7.06. The van der Waals surface area contributed by atoms with E-state index in [1.54, 1.807) is 6.26 Å². The van der Waals surface area contributed by atoms with E-state index in [1.165, 1.54) is 5.56 Å². The maximum absolute atomic E-state index is 5.36. The maximum Gasteiger partial charge on any atom is 0.105 e. The van der Waals surface area contributed by atoms with Crippen molar-refractivity contribution >= 4 is 0 Å². The van der Waals surface area contributed by atoms with Crippen LogP contribution in [-0.2, 0) is 6.42 Å². The molecule has 102 valence electrons. The summed E-state index contributed by atoms with van der Waals surface area (Å²) in [6.45, 7) is 5.48. The van der Waals surface area contributed by atoms with Gasteiger partial charge in [-0.2, -0.15) is 0 Å². The molecular weight excluding hydrogens is 234 g/mol. The van der Waals surface area contributed by atoms with Gasteiger partial charge in [0.2, 0.25) is 0 Å². The van der Waals surface area contributed by atoms with E-state index in [0.717, 1.165) is 25.1 Å². The molecule has 0 fully saturated rings. The molecule has 19 heavy (non-hydrogen) atoms. The topological polar surface area (TPSA) is 25.2 Å². The minimum atomic E-state index is 0.427. The van der Waals surface area contributed by atoms with Gasteiger partial charge < -0.3 is 9.73 Å². The largest absolute Gasteiger partial charge is 0.469 e. The molecule has 2 aromatic rings. The lowest BCUT2D eigenvalue weighted by Crippen LogP contribution is -2.25. The van der Waals surface area contributed by atoms with Crippen LogP contribution in [0.4, 0.5) is 0 Å². The van der Waals surface area contributed by atoms with Crippen LogP contribution in [0.15, 0.2) is 53.1 Å². The average molecular weight is 257 g/mol. The Morgan fingerprint density at radius 2 is 1.84 bits per heavy atom. The van der Waals surface area contributed by atoms with Gasteiger partial charge in [-0.1, -0.05) is 44.2 Å². The number of nitrogens with one attached hydrogen (secondary N) is 1. The Morgan fingerprint density at radius 1 is 1.05 bits per heavy atom. The standard InChI is InChI=1S/C17H23NO/c1-14(2)13-17(15-7-4-3-5-8-15)18-11-10-16-9-6-12-19-16/h3-9,12,14,17-18H,10-11,13H2,1-2H3. The highest BCUT2D eigenvalue weighted by molar-refractivity contribution is 5.19. The molecule has 2 heteroatoms. The van der Waals surface area contributed by atoms with Crippen LogP contribution in [0.5, 0.6) is 0 Å². The highest BCUT2D eigenvalue weighted by atomic mass is 16.3. The zero-order valence-corrected chi connectivity index (χ0v) is 11.8. The monoisotopic (exact) mass is 257 g/mol. The third kappa shape index (κ3) is 4.56. The van der Waals surface area contributed by atoms with Crippen LogP contribution in [0, 0.1) is 5.92 Å². The molecule has 0 bridgehead atoms. The van der Waals surface area contributed by atoms with Gasteiger partial charge in [-0.25, -0.2) is 0 Å². The Hall–Kier alpha value is -1.54. The van der Waals surface area contributed by atoms with E-state index >= 15 is 0 Å². The van der Waals surface area contributed by atoms with Crippen LogP contribution < -0.4 is 5.32 Å². The molecular formula is C17H23NO. The highest BCUT2D eigenvalue weighted by Gasteiger charge is 2.12. The summed E-state index contributed by atoms with van der Waals surface area (Å²) in [5.74, 6) is 1.73. The molecule has 1 aromatic heterocycles. The van der Waals surface area contributed by atoms with Crippen molar-refractivity contribution < 1.29 is 4.42 Å². The molecule has 1 atom stereocenters. The summed E-state index contributed by atoms with van der Waals surface area (Å²) in [7, 11) is 0. The maximum atomic E-state index is 5.36. The van der Waals surface area contributed by atoms with Crippen molar-refractivity contribution in [3.05, 3.63) is 60.1 Å². The van der Waals surface area contributed by atoms with Gasteiger partial charge in [0.05, 0.1) is 6.26 Å². The third-order valence-corrected chi connectivity index (χ3v) is 3.25. The molecule has 0 spiro atoms. The van der Waals surface area contributed by atoms with Crippen molar-refractivity contribution in [3.8, 4) is 0 Å². The highest BCUT2D eigenvalue weighted by Crippen LogP contribution is 2.20. The van der Waals surface area contributed by atoms with Crippen molar-refractivity contribution in [3.63, 3.8) is 0 Å². The molecule has 2 rings (SSSR count). The van der Waals surface area contributed by atoms with Gasteiger partial charge in [0.1, 0.15) is 5.76 Å². The van der Waals surface area contributed by atoms with E-state index in [2.05, 4.69) is 49.5 Å². The minimum absolute atomic E-state index is 0.427. The Morgan fingerprint density at radius 3 is 2.47 bits per heavy atom.